The summed E-state index contributed by atoms with van der Waals surface area (Å²) in [5.41, 5.74) is 2.13. The summed E-state index contributed by atoms with van der Waals surface area (Å²) in [5, 5.41) is 9.25. The van der Waals surface area contributed by atoms with Crippen LogP contribution in [0.4, 0.5) is 0 Å². The molecule has 0 aromatic heterocycles. The minimum absolute atomic E-state index is 0.634. The van der Waals surface area contributed by atoms with Crippen molar-refractivity contribution in [1.29, 1.82) is 0 Å². The molecular weight excluding hydrogens is 248 g/mol. The van der Waals surface area contributed by atoms with Crippen molar-refractivity contribution in [1.82, 2.24) is 0 Å². The second-order valence-electron chi connectivity index (χ2n) is 5.08. The van der Waals surface area contributed by atoms with Crippen LogP contribution in [0, 0.1) is 11.8 Å². The van der Waals surface area contributed by atoms with Crippen molar-refractivity contribution in [2.45, 2.75) is 18.3 Å². The van der Waals surface area contributed by atoms with Gasteiger partial charge in [-0.15, -0.1) is 0 Å². The van der Waals surface area contributed by atoms with Gasteiger partial charge in [0, 0.05) is 11.1 Å². The van der Waals surface area contributed by atoms with E-state index in [2.05, 4.69) is 11.8 Å². The van der Waals surface area contributed by atoms with Crippen molar-refractivity contribution in [2.75, 3.05) is 0 Å². The minimum atomic E-state index is -0.722. The summed E-state index contributed by atoms with van der Waals surface area (Å²) in [5.74, 6) is 5.46. The van der Waals surface area contributed by atoms with Gasteiger partial charge in [-0.25, -0.2) is 0 Å². The average molecular weight is 262 g/mol. The van der Waals surface area contributed by atoms with Gasteiger partial charge in [0.25, 0.3) is 0 Å². The van der Waals surface area contributed by atoms with Gasteiger partial charge in [-0.1, -0.05) is 42.2 Å². The van der Waals surface area contributed by atoms with E-state index in [4.69, 9.17) is 0 Å². The van der Waals surface area contributed by atoms with Crippen LogP contribution >= 0.6 is 0 Å². The van der Waals surface area contributed by atoms with E-state index in [9.17, 15) is 9.90 Å². The molecule has 1 saturated carbocycles. The van der Waals surface area contributed by atoms with E-state index in [0.717, 1.165) is 29.5 Å². The Morgan fingerprint density at radius 2 is 1.45 bits per heavy atom. The average Bonchev–Trinajstić information content (AvgIpc) is 3.28. The second-order valence-corrected chi connectivity index (χ2v) is 5.08. The van der Waals surface area contributed by atoms with Gasteiger partial charge in [-0.3, -0.25) is 4.79 Å². The Morgan fingerprint density at radius 1 is 0.900 bits per heavy atom. The maximum Gasteiger partial charge on any atom is 0.314 e. The number of carboxylic acid groups (broad SMARTS) is 1. The third-order valence-corrected chi connectivity index (χ3v) is 3.72. The zero-order valence-electron chi connectivity index (χ0n) is 11.0. The van der Waals surface area contributed by atoms with Crippen molar-refractivity contribution in [3.63, 3.8) is 0 Å². The number of carboxylic acids is 1. The summed E-state index contributed by atoms with van der Waals surface area (Å²) in [6.45, 7) is 0. The van der Waals surface area contributed by atoms with Gasteiger partial charge in [0.05, 0.1) is 5.41 Å². The molecular formula is C18H14O2. The van der Waals surface area contributed by atoms with Crippen LogP contribution in [0.2, 0.25) is 0 Å². The lowest BCUT2D eigenvalue weighted by atomic mass is 9.95. The molecule has 20 heavy (non-hydrogen) atoms. The number of hydrogen-bond acceptors (Lipinski definition) is 1. The van der Waals surface area contributed by atoms with Gasteiger partial charge in [0.1, 0.15) is 0 Å². The first kappa shape index (κ1) is 12.5. The molecule has 1 N–H and O–H groups in total. The van der Waals surface area contributed by atoms with Crippen LogP contribution in [0.1, 0.15) is 29.5 Å². The van der Waals surface area contributed by atoms with Gasteiger partial charge >= 0.3 is 5.97 Å². The largest absolute Gasteiger partial charge is 0.481 e. The Kier molecular flexibility index (Phi) is 3.04. The van der Waals surface area contributed by atoms with Crippen LogP contribution in [0.25, 0.3) is 0 Å². The normalized spacial score (nSPS) is 15.0. The molecule has 0 radical (unpaired) electrons. The first-order valence-electron chi connectivity index (χ1n) is 6.62. The van der Waals surface area contributed by atoms with Gasteiger partial charge in [0.2, 0.25) is 0 Å². The van der Waals surface area contributed by atoms with Gasteiger partial charge < -0.3 is 5.11 Å². The molecule has 1 aliphatic carbocycles. The van der Waals surface area contributed by atoms with Crippen LogP contribution in [-0.4, -0.2) is 11.1 Å². The minimum Gasteiger partial charge on any atom is -0.481 e. The molecule has 0 aliphatic heterocycles. The van der Waals surface area contributed by atoms with E-state index in [-0.39, 0.29) is 0 Å². The molecule has 2 nitrogen and oxygen atoms in total. The van der Waals surface area contributed by atoms with Crippen molar-refractivity contribution in [2.24, 2.45) is 0 Å². The zero-order chi connectivity index (χ0) is 14.0. The second kappa shape index (κ2) is 4.86. The molecule has 0 atom stereocenters. The first-order valence-corrected chi connectivity index (χ1v) is 6.62. The number of carbonyl (C=O) groups is 1. The number of rotatable bonds is 2. The van der Waals surface area contributed by atoms with E-state index >= 15 is 0 Å². The van der Waals surface area contributed by atoms with E-state index in [0.29, 0.717) is 0 Å². The van der Waals surface area contributed by atoms with E-state index in [1.807, 2.05) is 54.6 Å². The molecule has 0 amide bonds. The third kappa shape index (κ3) is 2.31. The highest BCUT2D eigenvalue weighted by Gasteiger charge is 2.51. The molecule has 2 aromatic carbocycles. The van der Waals surface area contributed by atoms with Crippen molar-refractivity contribution in [3.05, 3.63) is 71.3 Å². The van der Waals surface area contributed by atoms with Crippen molar-refractivity contribution in [3.8, 4) is 11.8 Å². The Hall–Kier alpha value is -2.53. The first-order chi connectivity index (χ1) is 9.71. The summed E-state index contributed by atoms with van der Waals surface area (Å²) in [4.78, 5) is 11.3. The van der Waals surface area contributed by atoms with Gasteiger partial charge in [-0.05, 0) is 42.7 Å². The molecule has 1 fully saturated rings. The van der Waals surface area contributed by atoms with Crippen LogP contribution < -0.4 is 0 Å². The highest BCUT2D eigenvalue weighted by atomic mass is 16.4. The van der Waals surface area contributed by atoms with Crippen LogP contribution in [0.3, 0.4) is 0 Å². The summed E-state index contributed by atoms with van der Waals surface area (Å²) in [7, 11) is 0. The molecule has 1 aliphatic rings. The van der Waals surface area contributed by atoms with E-state index < -0.39 is 11.4 Å². The molecule has 0 spiro atoms. The maximum absolute atomic E-state index is 11.3. The summed E-state index contributed by atoms with van der Waals surface area (Å²) in [6.07, 6.45) is 1.47. The summed E-state index contributed by atoms with van der Waals surface area (Å²) in [6, 6.07) is 17.4. The highest BCUT2D eigenvalue weighted by molar-refractivity contribution is 5.84. The Bertz CT molecular complexity index is 684. The highest BCUT2D eigenvalue weighted by Crippen LogP contribution is 2.48. The zero-order valence-corrected chi connectivity index (χ0v) is 11.0. The number of aliphatic carboxylic acids is 1. The standard InChI is InChI=1S/C18H14O2/c19-17(20)18(12-13-18)16-10-8-15(9-11-16)7-6-14-4-2-1-3-5-14/h1-5,8-11H,12-13H2,(H,19,20). The summed E-state index contributed by atoms with van der Waals surface area (Å²) < 4.78 is 0. The van der Waals surface area contributed by atoms with Gasteiger partial charge in [-0.2, -0.15) is 0 Å². The lowest BCUT2D eigenvalue weighted by Crippen LogP contribution is -2.19. The van der Waals surface area contributed by atoms with Crippen molar-refractivity contribution < 1.29 is 9.90 Å². The van der Waals surface area contributed by atoms with Crippen molar-refractivity contribution >= 4 is 5.97 Å². The molecule has 0 bridgehead atoms. The Labute approximate surface area is 118 Å². The topological polar surface area (TPSA) is 37.3 Å². The number of benzene rings is 2. The lowest BCUT2D eigenvalue weighted by molar-refractivity contribution is -0.140. The number of hydrogen-bond donors (Lipinski definition) is 1. The maximum atomic E-state index is 11.3. The fraction of sp³-hybridized carbons (Fsp3) is 0.167. The molecule has 0 unspecified atom stereocenters. The van der Waals surface area contributed by atoms with Crippen LogP contribution in [-0.2, 0) is 10.2 Å². The molecule has 3 rings (SSSR count). The molecule has 2 aromatic rings. The third-order valence-electron chi connectivity index (χ3n) is 3.72. The molecule has 0 saturated heterocycles. The monoisotopic (exact) mass is 262 g/mol. The Balaban J connectivity index is 1.81. The Morgan fingerprint density at radius 3 is 1.95 bits per heavy atom. The van der Waals surface area contributed by atoms with Crippen LogP contribution in [0.5, 0.6) is 0 Å². The predicted molar refractivity (Wildman–Crippen MR) is 77.4 cm³/mol. The molecule has 2 heteroatoms. The summed E-state index contributed by atoms with van der Waals surface area (Å²) >= 11 is 0. The quantitative estimate of drug-likeness (QED) is 0.844. The van der Waals surface area contributed by atoms with Crippen LogP contribution in [0.15, 0.2) is 54.6 Å². The lowest BCUT2D eigenvalue weighted by Gasteiger charge is -2.09. The predicted octanol–water partition coefficient (Wildman–Crippen LogP) is 3.20. The fourth-order valence-electron chi connectivity index (χ4n) is 2.29. The van der Waals surface area contributed by atoms with Gasteiger partial charge in [0.15, 0.2) is 0 Å². The van der Waals surface area contributed by atoms with E-state index in [1.165, 1.54) is 0 Å². The smallest absolute Gasteiger partial charge is 0.314 e. The SMILES string of the molecule is O=C(O)C1(c2ccc(C#Cc3ccccc3)cc2)CC1. The van der Waals surface area contributed by atoms with E-state index in [1.54, 1.807) is 0 Å². The molecule has 0 heterocycles. The fourth-order valence-corrected chi connectivity index (χ4v) is 2.29. The molecule has 98 valence electrons.